The minimum absolute atomic E-state index is 0.625. The van der Waals surface area contributed by atoms with E-state index in [1.54, 1.807) is 11.3 Å². The van der Waals surface area contributed by atoms with Gasteiger partial charge in [-0.25, -0.2) is 9.98 Å². The van der Waals surface area contributed by atoms with Crippen LogP contribution in [0.25, 0.3) is 0 Å². The van der Waals surface area contributed by atoms with Crippen LogP contribution in [0.5, 0.6) is 0 Å². The van der Waals surface area contributed by atoms with E-state index < -0.39 is 0 Å². The fraction of sp³-hybridized carbons (Fsp3) is 0.444. The smallest absolute Gasteiger partial charge is 0.191 e. The number of nitrogens with one attached hydrogen (secondary N) is 2. The minimum atomic E-state index is 0.625. The van der Waals surface area contributed by atoms with Crippen molar-refractivity contribution in [2.75, 3.05) is 18.8 Å². The van der Waals surface area contributed by atoms with Crippen molar-refractivity contribution in [1.82, 2.24) is 15.6 Å². The molecule has 0 fully saturated rings. The van der Waals surface area contributed by atoms with E-state index in [-0.39, 0.29) is 0 Å². The first-order valence-corrected chi connectivity index (χ1v) is 10.0. The van der Waals surface area contributed by atoms with Crippen LogP contribution in [0.1, 0.15) is 28.1 Å². The predicted octanol–water partition coefficient (Wildman–Crippen LogP) is 3.92. The summed E-state index contributed by atoms with van der Waals surface area (Å²) < 4.78 is 0. The molecule has 0 saturated heterocycles. The number of thioether (sulfide) groups is 1. The molecule has 6 heteroatoms. The molecule has 2 rings (SSSR count). The molecule has 0 amide bonds. The van der Waals surface area contributed by atoms with Crippen LogP contribution >= 0.6 is 23.1 Å². The summed E-state index contributed by atoms with van der Waals surface area (Å²) in [4.78, 5) is 11.7. The normalized spacial score (nSPS) is 11.6. The molecule has 0 radical (unpaired) electrons. The van der Waals surface area contributed by atoms with Crippen molar-refractivity contribution in [1.29, 1.82) is 0 Å². The van der Waals surface area contributed by atoms with Crippen molar-refractivity contribution in [3.05, 3.63) is 45.4 Å². The Balaban J connectivity index is 1.79. The van der Waals surface area contributed by atoms with Crippen molar-refractivity contribution < 1.29 is 0 Å². The van der Waals surface area contributed by atoms with Gasteiger partial charge in [-0.2, -0.15) is 0 Å². The highest BCUT2D eigenvalue weighted by atomic mass is 32.2. The number of aromatic nitrogens is 1. The molecule has 0 aliphatic carbocycles. The molecule has 2 aromatic rings. The quantitative estimate of drug-likeness (QED) is 0.339. The lowest BCUT2D eigenvalue weighted by Crippen LogP contribution is -2.38. The second kappa shape index (κ2) is 9.69. The molecule has 0 aliphatic rings. The Kier molecular flexibility index (Phi) is 7.59. The van der Waals surface area contributed by atoms with E-state index in [1.165, 1.54) is 15.3 Å². The number of nitrogens with zero attached hydrogens (tertiary/aromatic N) is 2. The van der Waals surface area contributed by atoms with Gasteiger partial charge in [-0.1, -0.05) is 17.7 Å². The molecule has 0 bridgehead atoms. The molecule has 4 nitrogen and oxygen atoms in total. The lowest BCUT2D eigenvalue weighted by Gasteiger charge is -2.10. The summed E-state index contributed by atoms with van der Waals surface area (Å²) in [6.07, 6.45) is 0. The largest absolute Gasteiger partial charge is 0.357 e. The molecular formula is C18H26N4S2. The number of rotatable bonds is 7. The van der Waals surface area contributed by atoms with E-state index >= 15 is 0 Å². The topological polar surface area (TPSA) is 49.3 Å². The third-order valence-electron chi connectivity index (χ3n) is 3.47. The molecule has 0 unspecified atom stereocenters. The van der Waals surface area contributed by atoms with Crippen molar-refractivity contribution in [3.63, 3.8) is 0 Å². The molecule has 0 aliphatic heterocycles. The summed E-state index contributed by atoms with van der Waals surface area (Å²) in [6.45, 7) is 10.7. The van der Waals surface area contributed by atoms with Gasteiger partial charge >= 0.3 is 0 Å². The average molecular weight is 363 g/mol. The summed E-state index contributed by atoms with van der Waals surface area (Å²) >= 11 is 3.58. The van der Waals surface area contributed by atoms with Gasteiger partial charge < -0.3 is 10.6 Å². The van der Waals surface area contributed by atoms with Gasteiger partial charge in [-0.3, -0.25) is 0 Å². The summed E-state index contributed by atoms with van der Waals surface area (Å²) in [5, 5.41) is 7.74. The number of guanidine groups is 1. The van der Waals surface area contributed by atoms with Crippen molar-refractivity contribution in [2.45, 2.75) is 39.1 Å². The summed E-state index contributed by atoms with van der Waals surface area (Å²) in [5.41, 5.74) is 2.41. The summed E-state index contributed by atoms with van der Waals surface area (Å²) in [5.74, 6) is 1.86. The van der Waals surface area contributed by atoms with E-state index in [0.717, 1.165) is 35.5 Å². The monoisotopic (exact) mass is 362 g/mol. The van der Waals surface area contributed by atoms with Gasteiger partial charge in [0.1, 0.15) is 5.01 Å². The zero-order chi connectivity index (χ0) is 17.4. The maximum absolute atomic E-state index is 4.63. The van der Waals surface area contributed by atoms with E-state index in [4.69, 9.17) is 0 Å². The SMILES string of the molecule is CCNC(=NCc1nc(C)c(C)s1)NCCSc1ccc(C)cc1. The van der Waals surface area contributed by atoms with Crippen LogP contribution in [0.3, 0.4) is 0 Å². The van der Waals surface area contributed by atoms with Crippen molar-refractivity contribution in [2.24, 2.45) is 4.99 Å². The first-order chi connectivity index (χ1) is 11.6. The standard InChI is InChI=1S/C18H26N4S2/c1-5-19-18(21-12-17-22-14(3)15(4)24-17)20-10-11-23-16-8-6-13(2)7-9-16/h6-9H,5,10-12H2,1-4H3,(H2,19,20,21). The number of hydrogen-bond acceptors (Lipinski definition) is 4. The highest BCUT2D eigenvalue weighted by Gasteiger charge is 2.04. The van der Waals surface area contributed by atoms with Gasteiger partial charge in [0.15, 0.2) is 5.96 Å². The van der Waals surface area contributed by atoms with Crippen LogP contribution in [0.4, 0.5) is 0 Å². The maximum atomic E-state index is 4.63. The van der Waals surface area contributed by atoms with Gasteiger partial charge in [-0.05, 0) is 39.8 Å². The van der Waals surface area contributed by atoms with Gasteiger partial charge in [-0.15, -0.1) is 23.1 Å². The van der Waals surface area contributed by atoms with E-state index in [0.29, 0.717) is 6.54 Å². The highest BCUT2D eigenvalue weighted by molar-refractivity contribution is 7.99. The van der Waals surface area contributed by atoms with Crippen molar-refractivity contribution >= 4 is 29.1 Å². The number of aliphatic imine (C=N–C) groups is 1. The Bertz CT molecular complexity index is 643. The van der Waals surface area contributed by atoms with Crippen LogP contribution in [0, 0.1) is 20.8 Å². The fourth-order valence-electron chi connectivity index (χ4n) is 2.07. The lowest BCUT2D eigenvalue weighted by molar-refractivity contribution is 0.840. The summed E-state index contributed by atoms with van der Waals surface area (Å²) in [7, 11) is 0. The Labute approximate surface area is 153 Å². The number of benzene rings is 1. The van der Waals surface area contributed by atoms with E-state index in [2.05, 4.69) is 65.6 Å². The zero-order valence-corrected chi connectivity index (χ0v) is 16.5. The van der Waals surface area contributed by atoms with E-state index in [9.17, 15) is 0 Å². The molecule has 0 atom stereocenters. The van der Waals surface area contributed by atoms with Gasteiger partial charge in [0.2, 0.25) is 0 Å². The van der Waals surface area contributed by atoms with Crippen LogP contribution in [-0.4, -0.2) is 29.8 Å². The van der Waals surface area contributed by atoms with Crippen LogP contribution in [-0.2, 0) is 6.54 Å². The minimum Gasteiger partial charge on any atom is -0.357 e. The lowest BCUT2D eigenvalue weighted by atomic mass is 10.2. The molecule has 1 heterocycles. The Morgan fingerprint density at radius 2 is 1.92 bits per heavy atom. The fourth-order valence-corrected chi connectivity index (χ4v) is 3.69. The van der Waals surface area contributed by atoms with Gasteiger partial charge in [0, 0.05) is 28.6 Å². The molecular weight excluding hydrogens is 336 g/mol. The molecule has 1 aromatic carbocycles. The Hall–Kier alpha value is -1.53. The first-order valence-electron chi connectivity index (χ1n) is 8.23. The van der Waals surface area contributed by atoms with Crippen LogP contribution in [0.2, 0.25) is 0 Å². The maximum Gasteiger partial charge on any atom is 0.191 e. The number of thiazole rings is 1. The third kappa shape index (κ3) is 6.17. The van der Waals surface area contributed by atoms with Gasteiger partial charge in [0.25, 0.3) is 0 Å². The molecule has 130 valence electrons. The zero-order valence-electron chi connectivity index (χ0n) is 14.8. The van der Waals surface area contributed by atoms with Crippen LogP contribution < -0.4 is 10.6 Å². The Morgan fingerprint density at radius 1 is 1.17 bits per heavy atom. The number of hydrogen-bond donors (Lipinski definition) is 2. The Morgan fingerprint density at radius 3 is 2.54 bits per heavy atom. The molecule has 2 N–H and O–H groups in total. The average Bonchev–Trinajstić information content (AvgIpc) is 2.89. The molecule has 1 aromatic heterocycles. The van der Waals surface area contributed by atoms with Crippen molar-refractivity contribution in [3.8, 4) is 0 Å². The molecule has 0 saturated carbocycles. The van der Waals surface area contributed by atoms with Crippen LogP contribution in [0.15, 0.2) is 34.2 Å². The summed E-state index contributed by atoms with van der Waals surface area (Å²) in [6, 6.07) is 8.65. The van der Waals surface area contributed by atoms with Gasteiger partial charge in [0.05, 0.1) is 12.2 Å². The molecule has 24 heavy (non-hydrogen) atoms. The first kappa shape index (κ1) is 18.8. The second-order valence-corrected chi connectivity index (χ2v) is 7.99. The predicted molar refractivity (Wildman–Crippen MR) is 106 cm³/mol. The number of aryl methyl sites for hydroxylation is 3. The second-order valence-electron chi connectivity index (χ2n) is 5.53. The third-order valence-corrected chi connectivity index (χ3v) is 5.55. The van der Waals surface area contributed by atoms with E-state index in [1.807, 2.05) is 18.7 Å². The molecule has 0 spiro atoms. The highest BCUT2D eigenvalue weighted by Crippen LogP contribution is 2.18.